The van der Waals surface area contributed by atoms with E-state index in [1.807, 2.05) is 35.0 Å². The van der Waals surface area contributed by atoms with E-state index in [4.69, 9.17) is 0 Å². The van der Waals surface area contributed by atoms with Crippen LogP contribution in [0.25, 0.3) is 0 Å². The van der Waals surface area contributed by atoms with Crippen molar-refractivity contribution >= 4 is 23.4 Å². The highest BCUT2D eigenvalue weighted by Gasteiger charge is 2.47. The lowest BCUT2D eigenvalue weighted by Gasteiger charge is -2.40. The fourth-order valence-corrected chi connectivity index (χ4v) is 4.42. The molecule has 32 heavy (non-hydrogen) atoms. The van der Waals surface area contributed by atoms with Gasteiger partial charge >= 0.3 is 0 Å². The van der Waals surface area contributed by atoms with E-state index in [-0.39, 0.29) is 30.7 Å². The standard InChI is InChI=1S/C24H23N5O3/c30-21(26-11-5-13-27-15-12-25-16-27)10-14-28-22-17-6-1-2-7-18(17)24(32)29(22)20-9-4-3-8-19(20)23(28)31/h1-4,6-9,12,15-16,22H,5,10-11,13-14H2,(H,26,30)/t22-/m1/s1. The number of benzene rings is 2. The van der Waals surface area contributed by atoms with Crippen molar-refractivity contribution in [1.29, 1.82) is 0 Å². The Balaban J connectivity index is 1.30. The quantitative estimate of drug-likeness (QED) is 0.585. The van der Waals surface area contributed by atoms with Crippen LogP contribution < -0.4 is 10.2 Å². The Hall–Kier alpha value is -3.94. The average molecular weight is 429 g/mol. The Labute approximate surface area is 185 Å². The molecule has 2 aromatic carbocycles. The van der Waals surface area contributed by atoms with E-state index in [0.29, 0.717) is 23.4 Å². The SMILES string of the molecule is O=C(CCN1C(=O)c2ccccc2N2C(=O)c3ccccc3[C@H]12)NCCCn1ccnc1. The van der Waals surface area contributed by atoms with Crippen LogP contribution in [0.3, 0.4) is 0 Å². The molecule has 1 atom stereocenters. The summed E-state index contributed by atoms with van der Waals surface area (Å²) >= 11 is 0. The highest BCUT2D eigenvalue weighted by molar-refractivity contribution is 6.16. The zero-order valence-electron chi connectivity index (χ0n) is 17.5. The first-order valence-corrected chi connectivity index (χ1v) is 10.7. The number of nitrogens with zero attached hydrogens (tertiary/aromatic N) is 4. The first-order valence-electron chi connectivity index (χ1n) is 10.7. The number of aromatic nitrogens is 2. The molecular formula is C24H23N5O3. The third-order valence-electron chi connectivity index (χ3n) is 5.94. The van der Waals surface area contributed by atoms with Crippen molar-refractivity contribution in [3.05, 3.63) is 83.9 Å². The number of nitrogens with one attached hydrogen (secondary N) is 1. The summed E-state index contributed by atoms with van der Waals surface area (Å²) in [5.74, 6) is -0.412. The lowest BCUT2D eigenvalue weighted by atomic mass is 10.0. The molecule has 0 unspecified atom stereocenters. The van der Waals surface area contributed by atoms with Gasteiger partial charge in [0, 0.05) is 49.6 Å². The van der Waals surface area contributed by atoms with Gasteiger partial charge in [0.1, 0.15) is 6.17 Å². The lowest BCUT2D eigenvalue weighted by molar-refractivity contribution is -0.121. The smallest absolute Gasteiger partial charge is 0.260 e. The summed E-state index contributed by atoms with van der Waals surface area (Å²) in [4.78, 5) is 46.2. The van der Waals surface area contributed by atoms with Gasteiger partial charge < -0.3 is 14.8 Å². The molecule has 0 fully saturated rings. The van der Waals surface area contributed by atoms with E-state index >= 15 is 0 Å². The van der Waals surface area contributed by atoms with Crippen LogP contribution in [0.1, 0.15) is 45.3 Å². The molecule has 3 amide bonds. The number of hydrogen-bond donors (Lipinski definition) is 1. The second kappa shape index (κ2) is 8.30. The largest absolute Gasteiger partial charge is 0.356 e. The minimum atomic E-state index is -0.532. The number of aryl methyl sites for hydroxylation is 1. The third kappa shape index (κ3) is 3.43. The number of amides is 3. The molecule has 2 aliphatic heterocycles. The second-order valence-electron chi connectivity index (χ2n) is 7.91. The number of fused-ring (bicyclic) bond motifs is 5. The first kappa shape index (κ1) is 20.0. The number of carbonyl (C=O) groups excluding carboxylic acids is 3. The minimum Gasteiger partial charge on any atom is -0.356 e. The molecule has 3 aromatic rings. The summed E-state index contributed by atoms with van der Waals surface area (Å²) in [6.07, 6.45) is 5.77. The Bertz CT molecular complexity index is 1170. The third-order valence-corrected chi connectivity index (χ3v) is 5.94. The van der Waals surface area contributed by atoms with Crippen molar-refractivity contribution in [3.63, 3.8) is 0 Å². The minimum absolute atomic E-state index is 0.119. The highest BCUT2D eigenvalue weighted by Crippen LogP contribution is 2.45. The topological polar surface area (TPSA) is 87.5 Å². The number of para-hydroxylation sites is 1. The summed E-state index contributed by atoms with van der Waals surface area (Å²) in [5, 5.41) is 2.92. The molecule has 2 aliphatic rings. The Kier molecular flexibility index (Phi) is 5.18. The van der Waals surface area contributed by atoms with Gasteiger partial charge in [-0.25, -0.2) is 4.98 Å². The maximum absolute atomic E-state index is 13.3. The number of hydrogen-bond acceptors (Lipinski definition) is 4. The van der Waals surface area contributed by atoms with E-state index < -0.39 is 6.17 Å². The van der Waals surface area contributed by atoms with Crippen LogP contribution in [0, 0.1) is 0 Å². The molecule has 1 aromatic heterocycles. The molecule has 0 spiro atoms. The zero-order chi connectivity index (χ0) is 22.1. The van der Waals surface area contributed by atoms with Crippen LogP contribution in [0.15, 0.2) is 67.3 Å². The summed E-state index contributed by atoms with van der Waals surface area (Å²) in [6, 6.07) is 14.5. The summed E-state index contributed by atoms with van der Waals surface area (Å²) < 4.78 is 1.96. The van der Waals surface area contributed by atoms with E-state index in [9.17, 15) is 14.4 Å². The normalized spacial score (nSPS) is 16.6. The van der Waals surface area contributed by atoms with Gasteiger partial charge in [-0.1, -0.05) is 30.3 Å². The lowest BCUT2D eigenvalue weighted by Crippen LogP contribution is -2.49. The molecule has 0 saturated heterocycles. The van der Waals surface area contributed by atoms with Gasteiger partial charge in [0.25, 0.3) is 11.8 Å². The van der Waals surface area contributed by atoms with Crippen molar-refractivity contribution in [3.8, 4) is 0 Å². The van der Waals surface area contributed by atoms with Crippen LogP contribution in [0.5, 0.6) is 0 Å². The van der Waals surface area contributed by atoms with Gasteiger partial charge in [0.15, 0.2) is 0 Å². The van der Waals surface area contributed by atoms with Gasteiger partial charge in [-0.3, -0.25) is 19.3 Å². The van der Waals surface area contributed by atoms with Crippen LogP contribution in [-0.2, 0) is 11.3 Å². The highest BCUT2D eigenvalue weighted by atomic mass is 16.2. The fraction of sp³-hybridized carbons (Fsp3) is 0.250. The summed E-state index contributed by atoms with van der Waals surface area (Å²) in [7, 11) is 0. The van der Waals surface area contributed by atoms with Gasteiger partial charge in [-0.2, -0.15) is 0 Å². The van der Waals surface area contributed by atoms with E-state index in [1.54, 1.807) is 46.6 Å². The molecular weight excluding hydrogens is 406 g/mol. The predicted octanol–water partition coefficient (Wildman–Crippen LogP) is 2.59. The molecule has 8 heteroatoms. The van der Waals surface area contributed by atoms with Gasteiger partial charge in [0.05, 0.1) is 17.6 Å². The van der Waals surface area contributed by atoms with Crippen molar-refractivity contribution in [2.24, 2.45) is 0 Å². The maximum atomic E-state index is 13.3. The molecule has 0 saturated carbocycles. The van der Waals surface area contributed by atoms with Crippen molar-refractivity contribution in [2.75, 3.05) is 18.0 Å². The molecule has 0 bridgehead atoms. The van der Waals surface area contributed by atoms with Crippen molar-refractivity contribution in [1.82, 2.24) is 19.8 Å². The Morgan fingerprint density at radius 3 is 2.56 bits per heavy atom. The predicted molar refractivity (Wildman–Crippen MR) is 118 cm³/mol. The van der Waals surface area contributed by atoms with E-state index in [1.165, 1.54) is 0 Å². The molecule has 5 rings (SSSR count). The average Bonchev–Trinajstić information content (AvgIpc) is 3.44. The van der Waals surface area contributed by atoms with E-state index in [0.717, 1.165) is 18.5 Å². The van der Waals surface area contributed by atoms with Crippen LogP contribution in [0.4, 0.5) is 5.69 Å². The van der Waals surface area contributed by atoms with Gasteiger partial charge in [-0.05, 0) is 24.6 Å². The monoisotopic (exact) mass is 429 g/mol. The molecule has 3 heterocycles. The molecule has 1 N–H and O–H groups in total. The molecule has 162 valence electrons. The maximum Gasteiger partial charge on any atom is 0.260 e. The number of rotatable bonds is 7. The van der Waals surface area contributed by atoms with Crippen LogP contribution in [-0.4, -0.2) is 45.3 Å². The van der Waals surface area contributed by atoms with Crippen molar-refractivity contribution in [2.45, 2.75) is 25.6 Å². The summed E-state index contributed by atoms with van der Waals surface area (Å²) in [6.45, 7) is 1.55. The molecule has 8 nitrogen and oxygen atoms in total. The van der Waals surface area contributed by atoms with Crippen molar-refractivity contribution < 1.29 is 14.4 Å². The number of imidazole rings is 1. The molecule has 0 radical (unpaired) electrons. The van der Waals surface area contributed by atoms with Gasteiger partial charge in [-0.15, -0.1) is 0 Å². The zero-order valence-corrected chi connectivity index (χ0v) is 17.5. The Morgan fingerprint density at radius 2 is 1.75 bits per heavy atom. The van der Waals surface area contributed by atoms with Crippen LogP contribution in [0.2, 0.25) is 0 Å². The summed E-state index contributed by atoms with van der Waals surface area (Å²) in [5.41, 5.74) is 2.48. The van der Waals surface area contributed by atoms with E-state index in [2.05, 4.69) is 10.3 Å². The second-order valence-corrected chi connectivity index (χ2v) is 7.91. The molecule has 0 aliphatic carbocycles. The Morgan fingerprint density at radius 1 is 0.969 bits per heavy atom. The first-order chi connectivity index (χ1) is 15.6. The number of carbonyl (C=O) groups is 3. The number of anilines is 1. The van der Waals surface area contributed by atoms with Gasteiger partial charge in [0.2, 0.25) is 5.91 Å². The fourth-order valence-electron chi connectivity index (χ4n) is 4.42. The van der Waals surface area contributed by atoms with Crippen LogP contribution >= 0.6 is 0 Å².